The zero-order valence-corrected chi connectivity index (χ0v) is 19.3. The minimum absolute atomic E-state index is 0.0245. The van der Waals surface area contributed by atoms with Gasteiger partial charge in [0, 0.05) is 24.3 Å². The minimum Gasteiger partial charge on any atom is -0.337 e. The molecule has 0 aliphatic carbocycles. The molecule has 8 heteroatoms. The Balaban J connectivity index is 1.43. The van der Waals surface area contributed by atoms with Crippen LogP contribution in [0.3, 0.4) is 0 Å². The molecule has 0 bridgehead atoms. The van der Waals surface area contributed by atoms with E-state index in [9.17, 15) is 13.6 Å². The quantitative estimate of drug-likeness (QED) is 0.368. The Hall–Kier alpha value is -3.52. The maximum Gasteiger partial charge on any atom is 0.236 e. The van der Waals surface area contributed by atoms with E-state index in [4.69, 9.17) is 0 Å². The summed E-state index contributed by atoms with van der Waals surface area (Å²) in [6.45, 7) is 3.12. The Bertz CT molecular complexity index is 1320. The van der Waals surface area contributed by atoms with Gasteiger partial charge in [0.1, 0.15) is 11.6 Å². The number of benzene rings is 3. The summed E-state index contributed by atoms with van der Waals surface area (Å²) in [4.78, 5) is 15.1. The van der Waals surface area contributed by atoms with Crippen LogP contribution in [0.25, 0.3) is 17.1 Å². The predicted octanol–water partition coefficient (Wildman–Crippen LogP) is 5.28. The lowest BCUT2D eigenvalue weighted by Gasteiger charge is -2.30. The summed E-state index contributed by atoms with van der Waals surface area (Å²) >= 11 is 1.30. The maximum absolute atomic E-state index is 13.6. The lowest BCUT2D eigenvalue weighted by Crippen LogP contribution is -2.40. The van der Waals surface area contributed by atoms with Crippen LogP contribution in [0.5, 0.6) is 0 Å². The number of rotatable bonds is 5. The Kier molecular flexibility index (Phi) is 6.15. The van der Waals surface area contributed by atoms with E-state index >= 15 is 0 Å². The van der Waals surface area contributed by atoms with Crippen molar-refractivity contribution in [2.75, 3.05) is 6.54 Å². The molecule has 0 saturated heterocycles. The van der Waals surface area contributed by atoms with Gasteiger partial charge in [0.2, 0.25) is 5.91 Å². The van der Waals surface area contributed by atoms with Crippen LogP contribution in [-0.2, 0) is 17.8 Å². The number of hydrogen-bond acceptors (Lipinski definition) is 4. The normalized spacial score (nSPS) is 14.0. The summed E-state index contributed by atoms with van der Waals surface area (Å²) in [6, 6.07) is 20.1. The third-order valence-corrected chi connectivity index (χ3v) is 6.92. The third-order valence-electron chi connectivity index (χ3n) is 5.89. The summed E-state index contributed by atoms with van der Waals surface area (Å²) < 4.78 is 28.8. The molecule has 1 atom stereocenters. The Labute approximate surface area is 200 Å². The van der Waals surface area contributed by atoms with E-state index in [1.54, 1.807) is 28.8 Å². The van der Waals surface area contributed by atoms with E-state index in [1.807, 2.05) is 24.0 Å². The Morgan fingerprint density at radius 2 is 1.56 bits per heavy atom. The van der Waals surface area contributed by atoms with Crippen LogP contribution in [0, 0.1) is 11.6 Å². The molecule has 0 N–H and O–H groups in total. The van der Waals surface area contributed by atoms with Gasteiger partial charge in [-0.15, -0.1) is 10.2 Å². The van der Waals surface area contributed by atoms with Crippen LogP contribution in [0.15, 0.2) is 78.0 Å². The Morgan fingerprint density at radius 3 is 2.26 bits per heavy atom. The van der Waals surface area contributed by atoms with Gasteiger partial charge >= 0.3 is 0 Å². The van der Waals surface area contributed by atoms with E-state index in [1.165, 1.54) is 47.2 Å². The number of amides is 1. The van der Waals surface area contributed by atoms with Gasteiger partial charge in [-0.3, -0.25) is 9.36 Å². The molecule has 1 aliphatic heterocycles. The van der Waals surface area contributed by atoms with Gasteiger partial charge in [-0.2, -0.15) is 0 Å². The van der Waals surface area contributed by atoms with Gasteiger partial charge in [0.15, 0.2) is 11.0 Å². The molecule has 4 aromatic rings. The van der Waals surface area contributed by atoms with E-state index in [2.05, 4.69) is 22.3 Å². The summed E-state index contributed by atoms with van der Waals surface area (Å²) in [5, 5.41) is 8.75. The highest BCUT2D eigenvalue weighted by molar-refractivity contribution is 8.00. The highest BCUT2D eigenvalue weighted by Gasteiger charge is 2.27. The van der Waals surface area contributed by atoms with Crippen LogP contribution >= 0.6 is 11.8 Å². The molecule has 2 heterocycles. The van der Waals surface area contributed by atoms with Crippen molar-refractivity contribution in [2.24, 2.45) is 0 Å². The molecule has 5 nitrogen and oxygen atoms in total. The van der Waals surface area contributed by atoms with E-state index in [-0.39, 0.29) is 17.5 Å². The molecule has 5 rings (SSSR count). The van der Waals surface area contributed by atoms with E-state index in [0.29, 0.717) is 35.3 Å². The average Bonchev–Trinajstić information content (AvgIpc) is 3.27. The van der Waals surface area contributed by atoms with Crippen molar-refractivity contribution in [3.05, 3.63) is 95.6 Å². The molecular weight excluding hydrogens is 454 g/mol. The first-order valence-corrected chi connectivity index (χ1v) is 11.9. The monoisotopic (exact) mass is 476 g/mol. The molecule has 1 aromatic heterocycles. The number of nitrogens with zero attached hydrogens (tertiary/aromatic N) is 4. The average molecular weight is 477 g/mol. The van der Waals surface area contributed by atoms with Gasteiger partial charge in [-0.25, -0.2) is 8.78 Å². The first kappa shape index (κ1) is 22.3. The summed E-state index contributed by atoms with van der Waals surface area (Å²) in [7, 11) is 0. The first-order chi connectivity index (χ1) is 16.5. The predicted molar refractivity (Wildman–Crippen MR) is 128 cm³/mol. The zero-order chi connectivity index (χ0) is 23.7. The molecule has 0 saturated carbocycles. The van der Waals surface area contributed by atoms with Crippen molar-refractivity contribution in [3.8, 4) is 17.1 Å². The van der Waals surface area contributed by atoms with Gasteiger partial charge in [0.25, 0.3) is 0 Å². The van der Waals surface area contributed by atoms with Crippen LogP contribution in [0.4, 0.5) is 8.78 Å². The zero-order valence-electron chi connectivity index (χ0n) is 18.5. The number of carbonyl (C=O) groups is 1. The van der Waals surface area contributed by atoms with Crippen molar-refractivity contribution in [2.45, 2.75) is 30.3 Å². The topological polar surface area (TPSA) is 51.0 Å². The van der Waals surface area contributed by atoms with Gasteiger partial charge in [-0.05, 0) is 73.0 Å². The number of carbonyl (C=O) groups excluding carboxylic acids is 1. The standard InChI is InChI=1S/C26H22F2N4OS/c1-17(25(33)31-15-14-18-4-2-3-5-20(18)16-31)34-26-30-29-24(19-6-8-21(27)9-7-19)32(26)23-12-10-22(28)11-13-23/h2-13,17H,14-16H2,1H3. The van der Waals surface area contributed by atoms with Crippen LogP contribution in [-0.4, -0.2) is 37.4 Å². The lowest BCUT2D eigenvalue weighted by atomic mass is 10.00. The molecule has 3 aromatic carbocycles. The first-order valence-electron chi connectivity index (χ1n) is 11.0. The summed E-state index contributed by atoms with van der Waals surface area (Å²) in [6.07, 6.45) is 0.833. The smallest absolute Gasteiger partial charge is 0.236 e. The molecule has 0 spiro atoms. The SMILES string of the molecule is CC(Sc1nnc(-c2ccc(F)cc2)n1-c1ccc(F)cc1)C(=O)N1CCc2ccccc2C1. The summed E-state index contributed by atoms with van der Waals surface area (Å²) in [5.41, 5.74) is 3.77. The molecule has 1 unspecified atom stereocenters. The molecule has 1 amide bonds. The molecule has 0 fully saturated rings. The fourth-order valence-corrected chi connectivity index (χ4v) is 5.06. The number of thioether (sulfide) groups is 1. The molecule has 1 aliphatic rings. The Morgan fingerprint density at radius 1 is 0.912 bits per heavy atom. The lowest BCUT2D eigenvalue weighted by molar-refractivity contribution is -0.131. The maximum atomic E-state index is 13.6. The molecule has 0 radical (unpaired) electrons. The largest absolute Gasteiger partial charge is 0.337 e. The minimum atomic E-state index is -0.408. The van der Waals surface area contributed by atoms with E-state index in [0.717, 1.165) is 6.42 Å². The summed E-state index contributed by atoms with van der Waals surface area (Å²) in [5.74, 6) is -0.200. The number of halogens is 2. The van der Waals surface area contributed by atoms with Crippen LogP contribution in [0.1, 0.15) is 18.1 Å². The molecule has 172 valence electrons. The molecule has 34 heavy (non-hydrogen) atoms. The highest BCUT2D eigenvalue weighted by atomic mass is 32.2. The van der Waals surface area contributed by atoms with Gasteiger partial charge in [0.05, 0.1) is 5.25 Å². The number of hydrogen-bond donors (Lipinski definition) is 0. The second-order valence-electron chi connectivity index (χ2n) is 8.16. The van der Waals surface area contributed by atoms with Crippen molar-refractivity contribution in [1.29, 1.82) is 0 Å². The van der Waals surface area contributed by atoms with Crippen LogP contribution < -0.4 is 0 Å². The van der Waals surface area contributed by atoms with Crippen LogP contribution in [0.2, 0.25) is 0 Å². The van der Waals surface area contributed by atoms with E-state index < -0.39 is 5.25 Å². The van der Waals surface area contributed by atoms with Gasteiger partial charge < -0.3 is 4.90 Å². The van der Waals surface area contributed by atoms with Crippen molar-refractivity contribution in [1.82, 2.24) is 19.7 Å². The fraction of sp³-hybridized carbons (Fsp3) is 0.192. The van der Waals surface area contributed by atoms with Crippen molar-refractivity contribution in [3.63, 3.8) is 0 Å². The second kappa shape index (κ2) is 9.38. The fourth-order valence-electron chi connectivity index (χ4n) is 4.10. The van der Waals surface area contributed by atoms with Gasteiger partial charge in [-0.1, -0.05) is 36.0 Å². The highest BCUT2D eigenvalue weighted by Crippen LogP contribution is 2.31. The number of fused-ring (bicyclic) bond motifs is 1. The third kappa shape index (κ3) is 4.46. The number of aromatic nitrogens is 3. The second-order valence-corrected chi connectivity index (χ2v) is 9.47. The van der Waals surface area contributed by atoms with Crippen molar-refractivity contribution < 1.29 is 13.6 Å². The van der Waals surface area contributed by atoms with Crippen molar-refractivity contribution >= 4 is 17.7 Å². The molecular formula is C26H22F2N4OS.